The molecule has 0 N–H and O–H groups in total. The van der Waals surface area contributed by atoms with Crippen LogP contribution in [0.25, 0.3) is 11.2 Å². The first-order valence-electron chi connectivity index (χ1n) is 5.55. The van der Waals surface area contributed by atoms with Gasteiger partial charge in [0.2, 0.25) is 11.2 Å². The average Bonchev–Trinajstić information content (AvgIpc) is 2.40. The second-order valence-corrected chi connectivity index (χ2v) is 3.84. The highest BCUT2D eigenvalue weighted by Gasteiger charge is 2.21. The Morgan fingerprint density at radius 1 is 0.842 bits per heavy atom. The van der Waals surface area contributed by atoms with Gasteiger partial charge in [-0.1, -0.05) is 24.3 Å². The normalized spacial score (nSPS) is 10.5. The van der Waals surface area contributed by atoms with E-state index in [0.29, 0.717) is 11.1 Å². The SMILES string of the molecule is O=C(OC(=O)c1cccc2ooc12)c1ccccc1. The van der Waals surface area contributed by atoms with Gasteiger partial charge in [-0.3, -0.25) is 9.15 Å². The molecular weight excluding hydrogens is 248 g/mol. The lowest BCUT2D eigenvalue weighted by atomic mass is 10.2. The zero-order chi connectivity index (χ0) is 13.2. The Morgan fingerprint density at radius 3 is 2.32 bits per heavy atom. The maximum Gasteiger partial charge on any atom is 0.350 e. The third-order valence-electron chi connectivity index (χ3n) is 2.61. The number of benzene rings is 2. The van der Waals surface area contributed by atoms with Crippen molar-refractivity contribution in [3.05, 3.63) is 59.7 Å². The lowest BCUT2D eigenvalue weighted by Gasteiger charge is -2.05. The molecule has 0 spiro atoms. The average molecular weight is 256 g/mol. The van der Waals surface area contributed by atoms with E-state index >= 15 is 0 Å². The Morgan fingerprint density at radius 2 is 1.63 bits per heavy atom. The Balaban J connectivity index is 1.82. The molecule has 1 heterocycles. The minimum Gasteiger partial charge on any atom is -0.386 e. The van der Waals surface area contributed by atoms with Gasteiger partial charge in [0.1, 0.15) is 5.56 Å². The second-order valence-electron chi connectivity index (χ2n) is 3.84. The zero-order valence-electron chi connectivity index (χ0n) is 9.66. The number of rotatable bonds is 2. The Bertz CT molecular complexity index is 735. The van der Waals surface area contributed by atoms with Gasteiger partial charge in [-0.05, 0) is 24.3 Å². The first-order chi connectivity index (χ1) is 9.25. The van der Waals surface area contributed by atoms with Crippen LogP contribution in [-0.2, 0) is 4.74 Å². The minimum atomic E-state index is -0.769. The Kier molecular flexibility index (Phi) is 2.64. The first kappa shape index (κ1) is 11.3. The van der Waals surface area contributed by atoms with Crippen LogP contribution < -0.4 is 0 Å². The smallest absolute Gasteiger partial charge is 0.350 e. The highest BCUT2D eigenvalue weighted by Crippen LogP contribution is 2.23. The quantitative estimate of drug-likeness (QED) is 0.400. The predicted octanol–water partition coefficient (Wildman–Crippen LogP) is 3.02. The van der Waals surface area contributed by atoms with Gasteiger partial charge in [-0.2, -0.15) is 0 Å². The van der Waals surface area contributed by atoms with Gasteiger partial charge in [0, 0.05) is 0 Å². The van der Waals surface area contributed by atoms with Gasteiger partial charge < -0.3 is 4.74 Å². The van der Waals surface area contributed by atoms with E-state index in [4.69, 9.17) is 9.31 Å². The summed E-state index contributed by atoms with van der Waals surface area (Å²) in [5.41, 5.74) is 1.20. The first-order valence-corrected chi connectivity index (χ1v) is 5.55. The molecule has 2 aromatic carbocycles. The van der Waals surface area contributed by atoms with Crippen molar-refractivity contribution in [3.63, 3.8) is 0 Å². The number of carbonyl (C=O) groups excluding carboxylic acids is 2. The molecule has 0 amide bonds. The molecule has 0 radical (unpaired) electrons. The molecule has 0 aliphatic heterocycles. The van der Waals surface area contributed by atoms with Crippen LogP contribution in [0.2, 0.25) is 0 Å². The molecule has 0 aliphatic rings. The minimum absolute atomic E-state index is 0.160. The van der Waals surface area contributed by atoms with E-state index < -0.39 is 11.9 Å². The van der Waals surface area contributed by atoms with E-state index in [1.165, 1.54) is 6.07 Å². The summed E-state index contributed by atoms with van der Waals surface area (Å²) in [5, 5.41) is 0. The molecule has 0 unspecified atom stereocenters. The lowest BCUT2D eigenvalue weighted by Crippen LogP contribution is -2.13. The molecule has 0 saturated heterocycles. The largest absolute Gasteiger partial charge is 0.386 e. The van der Waals surface area contributed by atoms with Gasteiger partial charge in [-0.25, -0.2) is 9.59 Å². The summed E-state index contributed by atoms with van der Waals surface area (Å²) >= 11 is 0. The number of carbonyl (C=O) groups is 2. The number of esters is 2. The molecule has 5 nitrogen and oxygen atoms in total. The van der Waals surface area contributed by atoms with Crippen molar-refractivity contribution in [2.75, 3.05) is 0 Å². The van der Waals surface area contributed by atoms with Crippen LogP contribution in [0.15, 0.2) is 57.7 Å². The second kappa shape index (κ2) is 4.45. The fourth-order valence-corrected chi connectivity index (χ4v) is 1.65. The zero-order valence-corrected chi connectivity index (χ0v) is 9.66. The summed E-state index contributed by atoms with van der Waals surface area (Å²) in [4.78, 5) is 23.6. The van der Waals surface area contributed by atoms with E-state index in [0.717, 1.165) is 0 Å². The van der Waals surface area contributed by atoms with E-state index in [1.807, 2.05) is 0 Å². The van der Waals surface area contributed by atoms with E-state index in [9.17, 15) is 9.59 Å². The molecule has 0 saturated carbocycles. The number of fused-ring (bicyclic) bond motifs is 1. The van der Waals surface area contributed by atoms with Gasteiger partial charge in [0.05, 0.1) is 5.56 Å². The van der Waals surface area contributed by atoms with Crippen LogP contribution in [0, 0.1) is 0 Å². The maximum absolute atomic E-state index is 11.9. The molecular formula is C14H8O5. The Labute approximate surface area is 107 Å². The summed E-state index contributed by atoms with van der Waals surface area (Å²) in [5.74, 6) is -1.47. The number of hydrogen-bond donors (Lipinski definition) is 0. The highest BCUT2D eigenvalue weighted by molar-refractivity contribution is 6.07. The molecule has 3 rings (SSSR count). The van der Waals surface area contributed by atoms with E-state index in [2.05, 4.69) is 4.58 Å². The highest BCUT2D eigenvalue weighted by atomic mass is 17.0. The van der Waals surface area contributed by atoms with Crippen LogP contribution in [0.3, 0.4) is 0 Å². The van der Waals surface area contributed by atoms with E-state index in [-0.39, 0.29) is 11.1 Å². The standard InChI is InChI=1S/C14H8O5/c15-13(9-5-2-1-3-6-9)17-14(16)10-7-4-8-11-12(10)19-18-11/h1-8H. The van der Waals surface area contributed by atoms with Gasteiger partial charge in [0.25, 0.3) is 0 Å². The molecule has 3 aromatic rings. The fourth-order valence-electron chi connectivity index (χ4n) is 1.65. The number of para-hydroxylation sites is 1. The molecule has 0 atom stereocenters. The van der Waals surface area contributed by atoms with Gasteiger partial charge in [-0.15, -0.1) is 0 Å². The molecule has 0 bridgehead atoms. The molecule has 0 fully saturated rings. The monoisotopic (exact) mass is 256 g/mol. The maximum atomic E-state index is 11.9. The van der Waals surface area contributed by atoms with Crippen LogP contribution >= 0.6 is 0 Å². The van der Waals surface area contributed by atoms with Crippen molar-refractivity contribution in [1.29, 1.82) is 0 Å². The number of hydrogen-bond acceptors (Lipinski definition) is 5. The fraction of sp³-hybridized carbons (Fsp3) is 0. The summed E-state index contributed by atoms with van der Waals surface area (Å²) in [6, 6.07) is 13.0. The van der Waals surface area contributed by atoms with Crippen LogP contribution in [0.4, 0.5) is 0 Å². The molecule has 19 heavy (non-hydrogen) atoms. The van der Waals surface area contributed by atoms with Crippen molar-refractivity contribution in [1.82, 2.24) is 0 Å². The van der Waals surface area contributed by atoms with Crippen LogP contribution in [-0.4, -0.2) is 11.9 Å². The van der Waals surface area contributed by atoms with Crippen molar-refractivity contribution in [2.45, 2.75) is 0 Å². The third kappa shape index (κ3) is 2.01. The topological polar surface area (TPSA) is 69.7 Å². The lowest BCUT2D eigenvalue weighted by molar-refractivity contribution is 0.0374. The van der Waals surface area contributed by atoms with Crippen molar-refractivity contribution in [2.24, 2.45) is 0 Å². The summed E-state index contributed by atoms with van der Waals surface area (Å²) in [6.07, 6.45) is 0. The number of ether oxygens (including phenoxy) is 1. The van der Waals surface area contributed by atoms with Crippen molar-refractivity contribution in [3.8, 4) is 0 Å². The molecule has 5 heteroatoms. The van der Waals surface area contributed by atoms with E-state index in [1.54, 1.807) is 42.5 Å². The van der Waals surface area contributed by atoms with Crippen LogP contribution in [0.1, 0.15) is 20.7 Å². The van der Waals surface area contributed by atoms with Crippen molar-refractivity contribution < 1.29 is 23.5 Å². The molecule has 1 aromatic heterocycles. The van der Waals surface area contributed by atoms with Gasteiger partial charge >= 0.3 is 11.9 Å². The van der Waals surface area contributed by atoms with Crippen LogP contribution in [0.5, 0.6) is 0 Å². The summed E-state index contributed by atoms with van der Waals surface area (Å²) < 4.78 is 14.1. The predicted molar refractivity (Wildman–Crippen MR) is 64.7 cm³/mol. The third-order valence-corrected chi connectivity index (χ3v) is 2.61. The van der Waals surface area contributed by atoms with Crippen molar-refractivity contribution >= 4 is 23.1 Å². The Hall–Kier alpha value is -2.82. The molecule has 94 valence electrons. The molecule has 0 aliphatic carbocycles. The summed E-state index contributed by atoms with van der Waals surface area (Å²) in [6.45, 7) is 0. The summed E-state index contributed by atoms with van der Waals surface area (Å²) in [7, 11) is 0. The van der Waals surface area contributed by atoms with Gasteiger partial charge in [0.15, 0.2) is 0 Å².